The van der Waals surface area contributed by atoms with Crippen LogP contribution in [0, 0.1) is 0 Å². The van der Waals surface area contributed by atoms with E-state index in [1.54, 1.807) is 12.1 Å². The first-order valence-corrected chi connectivity index (χ1v) is 7.34. The van der Waals surface area contributed by atoms with E-state index in [9.17, 15) is 8.42 Å². The minimum absolute atomic E-state index is 0.228. The summed E-state index contributed by atoms with van der Waals surface area (Å²) in [7, 11) is -0.423. The zero-order chi connectivity index (χ0) is 14.3. The van der Waals surface area contributed by atoms with Gasteiger partial charge in [-0.25, -0.2) is 8.42 Å². The lowest BCUT2D eigenvalue weighted by Gasteiger charge is -2.16. The molecule has 0 bridgehead atoms. The maximum Gasteiger partial charge on any atom is 0.242 e. The SMILES string of the molecule is COCCN(C)S(=O)(=O)c1ccc(OCCN)cc1. The highest BCUT2D eigenvalue weighted by Gasteiger charge is 2.20. The second-order valence-corrected chi connectivity index (χ2v) is 5.97. The summed E-state index contributed by atoms with van der Waals surface area (Å²) in [6.07, 6.45) is 0. The molecule has 2 N–H and O–H groups in total. The van der Waals surface area contributed by atoms with Crippen molar-refractivity contribution in [1.82, 2.24) is 4.31 Å². The van der Waals surface area contributed by atoms with Crippen LogP contribution in [0.15, 0.2) is 29.2 Å². The van der Waals surface area contributed by atoms with Gasteiger partial charge in [-0.1, -0.05) is 0 Å². The zero-order valence-corrected chi connectivity index (χ0v) is 12.0. The van der Waals surface area contributed by atoms with Gasteiger partial charge in [0.1, 0.15) is 12.4 Å². The lowest BCUT2D eigenvalue weighted by atomic mass is 10.3. The van der Waals surface area contributed by atoms with Gasteiger partial charge in [0, 0.05) is 27.2 Å². The Morgan fingerprint density at radius 2 is 1.84 bits per heavy atom. The van der Waals surface area contributed by atoms with Crippen molar-refractivity contribution in [3.05, 3.63) is 24.3 Å². The van der Waals surface area contributed by atoms with Crippen LogP contribution in [0.1, 0.15) is 0 Å². The van der Waals surface area contributed by atoms with Crippen LogP contribution in [-0.4, -0.2) is 53.2 Å². The molecule has 1 aromatic carbocycles. The predicted molar refractivity (Wildman–Crippen MR) is 72.7 cm³/mol. The third kappa shape index (κ3) is 4.46. The summed E-state index contributed by atoms with van der Waals surface area (Å²) in [6.45, 7) is 1.48. The third-order valence-electron chi connectivity index (χ3n) is 2.53. The van der Waals surface area contributed by atoms with E-state index in [4.69, 9.17) is 15.2 Å². The number of nitrogens with two attached hydrogens (primary N) is 1. The number of nitrogens with zero attached hydrogens (tertiary/aromatic N) is 1. The summed E-state index contributed by atoms with van der Waals surface area (Å²) in [6, 6.07) is 6.27. The Bertz CT molecular complexity index is 473. The third-order valence-corrected chi connectivity index (χ3v) is 4.40. The van der Waals surface area contributed by atoms with Crippen molar-refractivity contribution in [2.75, 3.05) is 40.5 Å². The number of methoxy groups -OCH3 is 1. The van der Waals surface area contributed by atoms with Crippen molar-refractivity contribution in [3.8, 4) is 5.75 Å². The van der Waals surface area contributed by atoms with Crippen LogP contribution in [0.5, 0.6) is 5.75 Å². The van der Waals surface area contributed by atoms with Crippen molar-refractivity contribution in [1.29, 1.82) is 0 Å². The van der Waals surface area contributed by atoms with Crippen molar-refractivity contribution < 1.29 is 17.9 Å². The molecule has 6 nitrogen and oxygen atoms in total. The van der Waals surface area contributed by atoms with Crippen molar-refractivity contribution >= 4 is 10.0 Å². The highest BCUT2D eigenvalue weighted by Crippen LogP contribution is 2.18. The minimum Gasteiger partial charge on any atom is -0.492 e. The van der Waals surface area contributed by atoms with E-state index >= 15 is 0 Å². The molecule has 1 aromatic rings. The van der Waals surface area contributed by atoms with E-state index in [1.807, 2.05) is 0 Å². The van der Waals surface area contributed by atoms with E-state index in [-0.39, 0.29) is 4.90 Å². The molecule has 108 valence electrons. The van der Waals surface area contributed by atoms with Gasteiger partial charge in [0.15, 0.2) is 0 Å². The molecule has 0 aliphatic heterocycles. The van der Waals surface area contributed by atoms with Gasteiger partial charge in [-0.3, -0.25) is 0 Å². The van der Waals surface area contributed by atoms with E-state index in [0.29, 0.717) is 32.1 Å². The first kappa shape index (κ1) is 15.9. The van der Waals surface area contributed by atoms with Crippen LogP contribution in [0.3, 0.4) is 0 Å². The van der Waals surface area contributed by atoms with Gasteiger partial charge in [0.2, 0.25) is 10.0 Å². The Morgan fingerprint density at radius 1 is 1.21 bits per heavy atom. The van der Waals surface area contributed by atoms with Crippen LogP contribution in [0.2, 0.25) is 0 Å². The molecular formula is C12H20N2O4S. The lowest BCUT2D eigenvalue weighted by molar-refractivity contribution is 0.185. The normalized spacial score (nSPS) is 11.8. The Hall–Kier alpha value is -1.15. The fourth-order valence-corrected chi connectivity index (χ4v) is 2.56. The molecule has 7 heteroatoms. The Labute approximate surface area is 114 Å². The number of rotatable bonds is 8. The Balaban J connectivity index is 2.78. The molecule has 0 spiro atoms. The highest BCUT2D eigenvalue weighted by molar-refractivity contribution is 7.89. The average molecular weight is 288 g/mol. The van der Waals surface area contributed by atoms with Crippen molar-refractivity contribution in [2.45, 2.75) is 4.90 Å². The van der Waals surface area contributed by atoms with E-state index in [0.717, 1.165) is 0 Å². The molecule has 0 fully saturated rings. The molecule has 0 unspecified atom stereocenters. The molecule has 1 rings (SSSR count). The molecule has 0 aliphatic carbocycles. The second-order valence-electron chi connectivity index (χ2n) is 3.93. The summed E-state index contributed by atoms with van der Waals surface area (Å²) in [5.41, 5.74) is 5.32. The molecular weight excluding hydrogens is 268 g/mol. The summed E-state index contributed by atoms with van der Waals surface area (Å²) in [5.74, 6) is 0.601. The number of sulfonamides is 1. The molecule has 19 heavy (non-hydrogen) atoms. The van der Waals surface area contributed by atoms with E-state index < -0.39 is 10.0 Å². The fourth-order valence-electron chi connectivity index (χ4n) is 1.40. The largest absolute Gasteiger partial charge is 0.492 e. The first-order valence-electron chi connectivity index (χ1n) is 5.90. The standard InChI is InChI=1S/C12H20N2O4S/c1-14(8-10-17-2)19(15,16)12-5-3-11(4-6-12)18-9-7-13/h3-6H,7-10,13H2,1-2H3. The first-order chi connectivity index (χ1) is 9.02. The van der Waals surface area contributed by atoms with Gasteiger partial charge in [0.25, 0.3) is 0 Å². The van der Waals surface area contributed by atoms with Crippen LogP contribution < -0.4 is 10.5 Å². The number of hydrogen-bond donors (Lipinski definition) is 1. The number of hydrogen-bond acceptors (Lipinski definition) is 5. The maximum absolute atomic E-state index is 12.2. The molecule has 0 aliphatic rings. The van der Waals surface area contributed by atoms with Gasteiger partial charge in [-0.05, 0) is 24.3 Å². The lowest BCUT2D eigenvalue weighted by Crippen LogP contribution is -2.30. The van der Waals surface area contributed by atoms with Gasteiger partial charge < -0.3 is 15.2 Å². The Morgan fingerprint density at radius 3 is 2.37 bits per heavy atom. The highest BCUT2D eigenvalue weighted by atomic mass is 32.2. The number of ether oxygens (including phenoxy) is 2. The summed E-state index contributed by atoms with van der Waals surface area (Å²) in [4.78, 5) is 0.228. The minimum atomic E-state index is -3.48. The van der Waals surface area contributed by atoms with Crippen molar-refractivity contribution in [2.24, 2.45) is 5.73 Å². The predicted octanol–water partition coefficient (Wildman–Crippen LogP) is 0.291. The van der Waals surface area contributed by atoms with Gasteiger partial charge >= 0.3 is 0 Å². The molecule has 0 amide bonds. The number of benzene rings is 1. The zero-order valence-electron chi connectivity index (χ0n) is 11.2. The van der Waals surface area contributed by atoms with Crippen molar-refractivity contribution in [3.63, 3.8) is 0 Å². The smallest absolute Gasteiger partial charge is 0.242 e. The second kappa shape index (κ2) is 7.44. The van der Waals surface area contributed by atoms with Crippen LogP contribution in [-0.2, 0) is 14.8 Å². The topological polar surface area (TPSA) is 81.9 Å². The van der Waals surface area contributed by atoms with Gasteiger partial charge in [-0.2, -0.15) is 4.31 Å². The summed E-state index contributed by atoms with van der Waals surface area (Å²) < 4.78 is 35.8. The molecule has 0 radical (unpaired) electrons. The van der Waals surface area contributed by atoms with Crippen LogP contribution in [0.25, 0.3) is 0 Å². The number of likely N-dealkylation sites (N-methyl/N-ethyl adjacent to an activating group) is 1. The summed E-state index contributed by atoms with van der Waals surface area (Å²) in [5, 5.41) is 0. The van der Waals surface area contributed by atoms with E-state index in [2.05, 4.69) is 0 Å². The molecule has 0 heterocycles. The van der Waals surface area contributed by atoms with Crippen LogP contribution >= 0.6 is 0 Å². The quantitative estimate of drug-likeness (QED) is 0.743. The van der Waals surface area contributed by atoms with Crippen LogP contribution in [0.4, 0.5) is 0 Å². The molecule has 0 saturated heterocycles. The molecule has 0 saturated carbocycles. The summed E-state index contributed by atoms with van der Waals surface area (Å²) >= 11 is 0. The maximum atomic E-state index is 12.2. The fraction of sp³-hybridized carbons (Fsp3) is 0.500. The Kier molecular flexibility index (Phi) is 6.23. The molecule has 0 atom stereocenters. The average Bonchev–Trinajstić information content (AvgIpc) is 2.42. The van der Waals surface area contributed by atoms with Gasteiger partial charge in [0.05, 0.1) is 11.5 Å². The van der Waals surface area contributed by atoms with Gasteiger partial charge in [-0.15, -0.1) is 0 Å². The monoisotopic (exact) mass is 288 g/mol. The van der Waals surface area contributed by atoms with E-state index in [1.165, 1.54) is 30.6 Å². The molecule has 0 aromatic heterocycles.